The Morgan fingerprint density at radius 3 is 1.84 bits per heavy atom. The molecule has 2 saturated heterocycles. The first-order valence-electron chi connectivity index (χ1n) is 32.1. The fourth-order valence-electron chi connectivity index (χ4n) is 11.5. The fraction of sp³-hybridized carbons (Fsp3) is 0.426. The van der Waals surface area contributed by atoms with Gasteiger partial charge in [0.15, 0.2) is 5.96 Å². The number of carboxylic acids is 1. The molecule has 5 aromatic rings. The number of hydrogen-bond acceptors (Lipinski definition) is 14. The fourth-order valence-corrected chi connectivity index (χ4v) is 11.6. The third-order valence-electron chi connectivity index (χ3n) is 16.5. The van der Waals surface area contributed by atoms with Crippen LogP contribution in [0.25, 0.3) is 21.5 Å². The van der Waals surface area contributed by atoms with E-state index in [2.05, 4.69) is 58.2 Å². The Morgan fingerprint density at radius 1 is 0.649 bits per heavy atom. The first kappa shape index (κ1) is 74.2. The summed E-state index contributed by atoms with van der Waals surface area (Å²) in [5.74, 6) is -12.0. The van der Waals surface area contributed by atoms with E-state index < -0.39 is 157 Å². The summed E-state index contributed by atoms with van der Waals surface area (Å²) in [7, 11) is 0. The highest BCUT2D eigenvalue weighted by Crippen LogP contribution is 2.23. The van der Waals surface area contributed by atoms with Gasteiger partial charge >= 0.3 is 5.97 Å². The lowest BCUT2D eigenvalue weighted by Crippen LogP contribution is -2.61. The van der Waals surface area contributed by atoms with Crippen LogP contribution >= 0.6 is 11.6 Å². The van der Waals surface area contributed by atoms with E-state index in [-0.39, 0.29) is 69.9 Å². The topological polar surface area (TPSA) is 433 Å². The van der Waals surface area contributed by atoms with Crippen LogP contribution < -0.4 is 64.6 Å². The summed E-state index contributed by atoms with van der Waals surface area (Å²) in [4.78, 5) is 176. The summed E-state index contributed by atoms with van der Waals surface area (Å²) in [5, 5.41) is 50.3. The largest absolute Gasteiger partial charge is 0.480 e. The van der Waals surface area contributed by atoms with Crippen molar-refractivity contribution in [3.8, 4) is 0 Å². The first-order valence-corrected chi connectivity index (χ1v) is 32.5. The number of nitrogens with two attached hydrogens (primary N) is 2. The van der Waals surface area contributed by atoms with Gasteiger partial charge in [0.1, 0.15) is 60.4 Å². The third kappa shape index (κ3) is 22.2. The van der Waals surface area contributed by atoms with Gasteiger partial charge < -0.3 is 79.7 Å². The quantitative estimate of drug-likeness (QED) is 0.0249. The first-order chi connectivity index (χ1) is 46.2. The van der Waals surface area contributed by atoms with Crippen molar-refractivity contribution >= 4 is 110 Å². The maximum absolute atomic E-state index is 14.9. The number of nitrogens with zero attached hydrogens (tertiary/aromatic N) is 2. The Labute approximate surface area is 565 Å². The molecule has 5 aromatic carbocycles. The number of nitrogens with one attached hydrogen (secondary N) is 10. The molecule has 7 rings (SSSR count). The van der Waals surface area contributed by atoms with Crippen LogP contribution in [0.5, 0.6) is 0 Å². The Balaban J connectivity index is 1.27. The number of aliphatic imine (C=N–C) groups is 1. The number of aliphatic carboxylic acids is 1. The molecule has 2 aliphatic rings. The molecule has 28 nitrogen and oxygen atoms in total. The molecule has 518 valence electrons. The van der Waals surface area contributed by atoms with Crippen LogP contribution in [0.1, 0.15) is 89.3 Å². The van der Waals surface area contributed by atoms with E-state index in [0.29, 0.717) is 28.1 Å². The van der Waals surface area contributed by atoms with E-state index in [9.17, 15) is 67.7 Å². The molecular weight excluding hydrogens is 1270 g/mol. The normalized spacial score (nSPS) is 21.0. The van der Waals surface area contributed by atoms with Gasteiger partial charge in [-0.1, -0.05) is 123 Å². The highest BCUT2D eigenvalue weighted by atomic mass is 35.5. The SMILES string of the molecule is CC(=O)N[C@H](Cc1ccc2ccccc2c1)C(=O)N[C@H](Cc1ccc(Cl)cc1)C(=O)N[C@@H]1CC(=O)NCC[C@@H](C(=O)N2CCC[C@H]2C(=O)N[C@H](C)C(=O)O)NC(=O)[C@H](CC(C)C)NC(=O)[C@@H](Cc2ccc3ccccc3c2)NC(=O)[C@H](CCCN=C(N)N)NC(=O)[C@H](CO)NC1=O. The number of rotatable bonds is 22. The van der Waals surface area contributed by atoms with Crippen LogP contribution in [-0.4, -0.2) is 179 Å². The van der Waals surface area contributed by atoms with Crippen LogP contribution in [-0.2, 0) is 76.8 Å². The minimum Gasteiger partial charge on any atom is -0.480 e. The molecule has 0 aliphatic carbocycles. The number of amides is 11. The Morgan fingerprint density at radius 2 is 1.21 bits per heavy atom. The van der Waals surface area contributed by atoms with E-state index in [0.717, 1.165) is 21.5 Å². The molecule has 0 spiro atoms. The summed E-state index contributed by atoms with van der Waals surface area (Å²) in [6.45, 7) is 4.39. The number of hydrogen-bond donors (Lipinski definition) is 14. The second kappa shape index (κ2) is 35.5. The predicted octanol–water partition coefficient (Wildman–Crippen LogP) is 0.155. The van der Waals surface area contributed by atoms with Gasteiger partial charge in [-0.2, -0.15) is 0 Å². The molecule has 11 amide bonds. The lowest BCUT2D eigenvalue weighted by atomic mass is 9.98. The average Bonchev–Trinajstić information content (AvgIpc) is 1.70. The molecule has 2 aliphatic heterocycles. The highest BCUT2D eigenvalue weighted by Gasteiger charge is 2.41. The minimum atomic E-state index is -1.95. The van der Waals surface area contributed by atoms with Crippen molar-refractivity contribution in [1.29, 1.82) is 0 Å². The molecule has 29 heteroatoms. The maximum atomic E-state index is 14.9. The van der Waals surface area contributed by atoms with E-state index in [4.69, 9.17) is 23.1 Å². The van der Waals surface area contributed by atoms with E-state index in [1.165, 1.54) is 30.9 Å². The number of carboxylic acid groups (broad SMARTS) is 1. The van der Waals surface area contributed by atoms with Crippen molar-refractivity contribution in [2.75, 3.05) is 26.2 Å². The summed E-state index contributed by atoms with van der Waals surface area (Å²) >= 11 is 6.23. The Hall–Kier alpha value is -10.2. The summed E-state index contributed by atoms with van der Waals surface area (Å²) in [6, 6.07) is 16.8. The number of halogens is 1. The molecule has 10 atom stereocenters. The van der Waals surface area contributed by atoms with Crippen molar-refractivity contribution in [2.24, 2.45) is 22.4 Å². The zero-order valence-corrected chi connectivity index (χ0v) is 55.1. The van der Waals surface area contributed by atoms with Gasteiger partial charge in [-0.05, 0) is 102 Å². The zero-order valence-electron chi connectivity index (χ0n) is 54.4. The van der Waals surface area contributed by atoms with E-state index in [1.807, 2.05) is 72.8 Å². The molecule has 0 saturated carbocycles. The number of carbonyl (C=O) groups is 12. The second-order valence-electron chi connectivity index (χ2n) is 24.6. The van der Waals surface area contributed by atoms with Gasteiger partial charge in [-0.25, -0.2) is 0 Å². The van der Waals surface area contributed by atoms with Gasteiger partial charge in [-0.15, -0.1) is 0 Å². The summed E-state index contributed by atoms with van der Waals surface area (Å²) in [6.07, 6.45) is -1.57. The number of aliphatic hydroxyl groups is 1. The van der Waals surface area contributed by atoms with Gasteiger partial charge in [0.25, 0.3) is 0 Å². The number of likely N-dealkylation sites (tertiary alicyclic amines) is 1. The molecule has 97 heavy (non-hydrogen) atoms. The molecule has 0 aromatic heterocycles. The van der Waals surface area contributed by atoms with Crippen LogP contribution in [0.15, 0.2) is 114 Å². The number of carbonyl (C=O) groups excluding carboxylic acids is 11. The van der Waals surface area contributed by atoms with Gasteiger partial charge in [0.2, 0.25) is 65.0 Å². The Bertz CT molecular complexity index is 3740. The number of aliphatic hydroxyl groups excluding tert-OH is 1. The number of benzene rings is 5. The molecule has 16 N–H and O–H groups in total. The van der Waals surface area contributed by atoms with E-state index in [1.54, 1.807) is 38.1 Å². The lowest BCUT2D eigenvalue weighted by molar-refractivity contribution is -0.144. The molecule has 2 heterocycles. The van der Waals surface area contributed by atoms with Crippen molar-refractivity contribution in [2.45, 2.75) is 152 Å². The van der Waals surface area contributed by atoms with Crippen molar-refractivity contribution in [3.05, 3.63) is 131 Å². The molecule has 2 fully saturated rings. The van der Waals surface area contributed by atoms with Crippen LogP contribution in [0.3, 0.4) is 0 Å². The zero-order chi connectivity index (χ0) is 70.5. The van der Waals surface area contributed by atoms with Gasteiger partial charge in [-0.3, -0.25) is 62.5 Å². The highest BCUT2D eigenvalue weighted by molar-refractivity contribution is 6.30. The van der Waals surface area contributed by atoms with Gasteiger partial charge in [0.05, 0.1) is 13.0 Å². The van der Waals surface area contributed by atoms with Crippen molar-refractivity contribution < 1.29 is 67.7 Å². The maximum Gasteiger partial charge on any atom is 0.325 e. The van der Waals surface area contributed by atoms with Crippen molar-refractivity contribution in [3.63, 3.8) is 0 Å². The third-order valence-corrected chi connectivity index (χ3v) is 16.8. The monoisotopic (exact) mass is 1360 g/mol. The van der Waals surface area contributed by atoms with Crippen LogP contribution in [0.4, 0.5) is 0 Å². The summed E-state index contributed by atoms with van der Waals surface area (Å²) < 4.78 is 0. The lowest BCUT2D eigenvalue weighted by Gasteiger charge is -2.31. The molecule has 0 radical (unpaired) electrons. The van der Waals surface area contributed by atoms with Crippen LogP contribution in [0.2, 0.25) is 5.02 Å². The van der Waals surface area contributed by atoms with Crippen LogP contribution in [0, 0.1) is 5.92 Å². The number of guanidine groups is 1. The molecular formula is C68H85ClN14O14. The Kier molecular flexibility index (Phi) is 27.2. The smallest absolute Gasteiger partial charge is 0.325 e. The van der Waals surface area contributed by atoms with Crippen molar-refractivity contribution in [1.82, 2.24) is 58.1 Å². The number of fused-ring (bicyclic) bond motifs is 2. The molecule has 0 bridgehead atoms. The van der Waals surface area contributed by atoms with Gasteiger partial charge in [0, 0.05) is 50.8 Å². The molecule has 0 unspecified atom stereocenters. The second-order valence-corrected chi connectivity index (χ2v) is 25.1. The minimum absolute atomic E-state index is 0.00477. The van der Waals surface area contributed by atoms with E-state index >= 15 is 0 Å². The standard InChI is InChI=1S/C68H85ClN14O14/c1-37(2)29-50-59(88)77-49(66(95)83-28-10-16-56(83)65(94)74-38(3)67(96)97)25-27-72-57(86)35-54(81-61(90)52(32-40-19-23-47(69)24-20-40)80-60(89)51(75-39(4)85)33-41-17-21-43-11-5-7-13-45(43)30-41)63(92)82-55(36-84)64(93)76-48(15-9-26-73-68(70)71)58(87)79-53(62(91)78-50)34-42-18-22-44-12-6-8-14-46(44)31-42/h5-8,11-14,17-24,30-31,37-38,48-56,84H,9-10,15-16,25-29,32-36H2,1-4H3,(H,72,86)(H,74,94)(H,75,85)(H,76,93)(H,77,88)(H,78,91)(H,79,87)(H,80,89)(H,81,90)(H,82,92)(H,96,97)(H4,70,71,73)/t38-,48+,49+,50+,51-,52-,53-,54-,55+,56+/m1/s1. The summed E-state index contributed by atoms with van der Waals surface area (Å²) in [5.41, 5.74) is 12.9. The average molecular weight is 1360 g/mol. The predicted molar refractivity (Wildman–Crippen MR) is 360 cm³/mol.